The van der Waals surface area contributed by atoms with Gasteiger partial charge in [-0.25, -0.2) is 8.78 Å². The van der Waals surface area contributed by atoms with Crippen molar-refractivity contribution in [2.75, 3.05) is 18.5 Å². The van der Waals surface area contributed by atoms with E-state index in [9.17, 15) is 41.8 Å². The molecule has 242 valence electrons. The number of halogens is 4. The molecule has 2 atom stereocenters. The van der Waals surface area contributed by atoms with E-state index in [4.69, 9.17) is 9.47 Å². The molecule has 2 rings (SSSR count). The first-order valence-corrected chi connectivity index (χ1v) is 13.6. The molecule has 1 unspecified atom stereocenters. The number of rotatable bonds is 11. The fraction of sp³-hybridized carbons (Fsp3) is 0.467. The molecule has 0 saturated carbocycles. The molecule has 10 nitrogen and oxygen atoms in total. The van der Waals surface area contributed by atoms with Crippen molar-refractivity contribution in [3.8, 4) is 5.75 Å². The first-order chi connectivity index (χ1) is 20.3. The van der Waals surface area contributed by atoms with Crippen LogP contribution in [0, 0.1) is 23.3 Å². The smallest absolute Gasteiger partial charge is 0.313 e. The molecule has 0 bridgehead atoms. The van der Waals surface area contributed by atoms with Crippen molar-refractivity contribution >= 4 is 29.4 Å². The molecular formula is C30H37F4N3O7. The van der Waals surface area contributed by atoms with Crippen LogP contribution in [0.1, 0.15) is 59.9 Å². The van der Waals surface area contributed by atoms with E-state index < -0.39 is 89.9 Å². The molecule has 0 aliphatic rings. The molecule has 0 aromatic heterocycles. The number of aliphatic hydroxyl groups is 1. The van der Waals surface area contributed by atoms with Crippen LogP contribution in [0.5, 0.6) is 5.75 Å². The zero-order valence-corrected chi connectivity index (χ0v) is 25.3. The predicted molar refractivity (Wildman–Crippen MR) is 152 cm³/mol. The lowest BCUT2D eigenvalue weighted by Gasteiger charge is -2.26. The van der Waals surface area contributed by atoms with Crippen LogP contribution < -0.4 is 20.7 Å². The zero-order valence-electron chi connectivity index (χ0n) is 25.3. The first-order valence-electron chi connectivity index (χ1n) is 13.6. The Hall–Kier alpha value is -4.20. The summed E-state index contributed by atoms with van der Waals surface area (Å²) in [5.74, 6) is -12.2. The van der Waals surface area contributed by atoms with Gasteiger partial charge in [0.1, 0.15) is 18.3 Å². The highest BCUT2D eigenvalue weighted by Crippen LogP contribution is 2.29. The lowest BCUT2D eigenvalue weighted by molar-refractivity contribution is -0.156. The van der Waals surface area contributed by atoms with Gasteiger partial charge in [0.05, 0.1) is 12.5 Å². The molecule has 0 aliphatic heterocycles. The van der Waals surface area contributed by atoms with E-state index in [2.05, 4.69) is 16.0 Å². The van der Waals surface area contributed by atoms with Crippen molar-refractivity contribution in [1.29, 1.82) is 0 Å². The number of esters is 1. The summed E-state index contributed by atoms with van der Waals surface area (Å²) in [5.41, 5.74) is -0.0111. The number of para-hydroxylation sites is 1. The van der Waals surface area contributed by atoms with Gasteiger partial charge < -0.3 is 30.5 Å². The Kier molecular flexibility index (Phi) is 12.3. The summed E-state index contributed by atoms with van der Waals surface area (Å²) in [5, 5.41) is 17.7. The second-order valence-electron chi connectivity index (χ2n) is 11.9. The number of aliphatic hydroxyl groups excluding tert-OH is 1. The van der Waals surface area contributed by atoms with Crippen LogP contribution >= 0.6 is 0 Å². The van der Waals surface area contributed by atoms with Crippen molar-refractivity contribution in [1.82, 2.24) is 10.6 Å². The second kappa shape index (κ2) is 15.0. The van der Waals surface area contributed by atoms with Crippen molar-refractivity contribution < 1.29 is 51.3 Å². The number of amides is 3. The predicted octanol–water partition coefficient (Wildman–Crippen LogP) is 3.64. The van der Waals surface area contributed by atoms with Crippen molar-refractivity contribution in [2.24, 2.45) is 0 Å². The van der Waals surface area contributed by atoms with E-state index in [1.165, 1.54) is 0 Å². The van der Waals surface area contributed by atoms with Gasteiger partial charge in [0, 0.05) is 24.7 Å². The number of hydrogen-bond donors (Lipinski definition) is 4. The number of carbonyl (C=O) groups excluding carboxylic acids is 4. The van der Waals surface area contributed by atoms with Crippen LogP contribution in [-0.4, -0.2) is 59.7 Å². The van der Waals surface area contributed by atoms with E-state index in [-0.39, 0.29) is 18.0 Å². The van der Waals surface area contributed by atoms with E-state index in [1.807, 2.05) is 26.8 Å². The molecule has 0 radical (unpaired) electrons. The molecule has 0 fully saturated rings. The van der Waals surface area contributed by atoms with Crippen molar-refractivity contribution in [3.63, 3.8) is 0 Å². The van der Waals surface area contributed by atoms with Gasteiger partial charge in [-0.1, -0.05) is 39.0 Å². The van der Waals surface area contributed by atoms with Crippen LogP contribution in [0.15, 0.2) is 30.3 Å². The molecule has 2 aromatic carbocycles. The Labute approximate surface area is 252 Å². The number of hydrogen-bond acceptors (Lipinski definition) is 7. The molecule has 0 aliphatic carbocycles. The minimum atomic E-state index is -1.84. The Bertz CT molecular complexity index is 1350. The summed E-state index contributed by atoms with van der Waals surface area (Å²) >= 11 is 0. The molecular weight excluding hydrogens is 590 g/mol. The summed E-state index contributed by atoms with van der Waals surface area (Å²) in [6.45, 7) is 9.23. The largest absolute Gasteiger partial charge is 0.485 e. The SMILES string of the molecule is CC(C)(C)OC(=O)C[C@H](NC(=O)CCNC(=O)C(=O)Nc1ccccc1C(C)(C)C)C(O)COc1c(F)c(F)cc(F)c1F. The fourth-order valence-corrected chi connectivity index (χ4v) is 3.88. The molecule has 14 heteroatoms. The van der Waals surface area contributed by atoms with Gasteiger partial charge in [-0.05, 0) is 37.8 Å². The number of nitrogens with one attached hydrogen (secondary N) is 3. The lowest BCUT2D eigenvalue weighted by atomic mass is 9.86. The molecule has 44 heavy (non-hydrogen) atoms. The average Bonchev–Trinajstić information content (AvgIpc) is 2.90. The number of carbonyl (C=O) groups is 4. The maximum absolute atomic E-state index is 14.0. The lowest BCUT2D eigenvalue weighted by Crippen LogP contribution is -2.48. The molecule has 4 N–H and O–H groups in total. The highest BCUT2D eigenvalue weighted by Gasteiger charge is 2.29. The van der Waals surface area contributed by atoms with Crippen LogP contribution in [0.3, 0.4) is 0 Å². The Morgan fingerprint density at radius 2 is 1.50 bits per heavy atom. The van der Waals surface area contributed by atoms with E-state index in [0.29, 0.717) is 5.69 Å². The molecule has 0 saturated heterocycles. The monoisotopic (exact) mass is 627 g/mol. The number of ether oxygens (including phenoxy) is 2. The minimum absolute atomic E-state index is 0.0211. The van der Waals surface area contributed by atoms with E-state index in [0.717, 1.165) is 5.56 Å². The Balaban J connectivity index is 2.02. The quantitative estimate of drug-likeness (QED) is 0.129. The number of anilines is 1. The highest BCUT2D eigenvalue weighted by atomic mass is 19.2. The molecule has 0 heterocycles. The maximum atomic E-state index is 14.0. The summed E-state index contributed by atoms with van der Waals surface area (Å²) < 4.78 is 64.9. The summed E-state index contributed by atoms with van der Waals surface area (Å²) in [7, 11) is 0. The topological polar surface area (TPSA) is 143 Å². The standard InChI is InChI=1S/C30H37F4N3O7/c1-29(2,3)16-9-7-8-10-19(16)37-28(42)27(41)35-12-11-22(39)36-20(14-23(40)44-30(4,5)6)21(38)15-43-26-24(33)17(31)13-18(32)25(26)34/h7-10,13,20-21,38H,11-12,14-15H2,1-6H3,(H,35,41)(H,36,39)(H,37,42)/t20-,21?/m0/s1. The van der Waals surface area contributed by atoms with Crippen LogP contribution in [0.4, 0.5) is 23.2 Å². The molecule has 2 aromatic rings. The fourth-order valence-electron chi connectivity index (χ4n) is 3.88. The van der Waals surface area contributed by atoms with Gasteiger partial charge in [-0.15, -0.1) is 0 Å². The Morgan fingerprint density at radius 1 is 0.909 bits per heavy atom. The normalized spacial score (nSPS) is 13.0. The molecule has 0 spiro atoms. The maximum Gasteiger partial charge on any atom is 0.313 e. The summed E-state index contributed by atoms with van der Waals surface area (Å²) in [6, 6.07) is 5.48. The van der Waals surface area contributed by atoms with Crippen molar-refractivity contribution in [2.45, 2.75) is 77.5 Å². The minimum Gasteiger partial charge on any atom is -0.485 e. The summed E-state index contributed by atoms with van der Waals surface area (Å²) in [6.07, 6.45) is -2.85. The van der Waals surface area contributed by atoms with Gasteiger partial charge in [0.15, 0.2) is 17.4 Å². The van der Waals surface area contributed by atoms with Gasteiger partial charge in [0.25, 0.3) is 0 Å². The zero-order chi connectivity index (χ0) is 33.4. The first kappa shape index (κ1) is 36.0. The van der Waals surface area contributed by atoms with E-state index in [1.54, 1.807) is 39.0 Å². The van der Waals surface area contributed by atoms with Gasteiger partial charge >= 0.3 is 17.8 Å². The van der Waals surface area contributed by atoms with Crippen molar-refractivity contribution in [3.05, 3.63) is 59.2 Å². The third-order valence-electron chi connectivity index (χ3n) is 5.91. The van der Waals surface area contributed by atoms with E-state index >= 15 is 0 Å². The number of benzene rings is 2. The van der Waals surface area contributed by atoms with Gasteiger partial charge in [-0.2, -0.15) is 8.78 Å². The Morgan fingerprint density at radius 3 is 2.07 bits per heavy atom. The average molecular weight is 628 g/mol. The molecule has 3 amide bonds. The highest BCUT2D eigenvalue weighted by molar-refractivity contribution is 6.39. The van der Waals surface area contributed by atoms with Gasteiger partial charge in [-0.3, -0.25) is 19.2 Å². The second-order valence-corrected chi connectivity index (χ2v) is 11.9. The third-order valence-corrected chi connectivity index (χ3v) is 5.91. The summed E-state index contributed by atoms with van der Waals surface area (Å²) in [4.78, 5) is 49.8. The van der Waals surface area contributed by atoms with Gasteiger partial charge in [0.2, 0.25) is 17.5 Å². The van der Waals surface area contributed by atoms with Crippen LogP contribution in [-0.2, 0) is 29.3 Å². The third kappa shape index (κ3) is 10.8. The van der Waals surface area contributed by atoms with Crippen LogP contribution in [0.25, 0.3) is 0 Å². The van der Waals surface area contributed by atoms with Crippen LogP contribution in [0.2, 0.25) is 0 Å².